The van der Waals surface area contributed by atoms with Crippen molar-refractivity contribution in [2.24, 2.45) is 0 Å². The van der Waals surface area contributed by atoms with Crippen LogP contribution in [0.15, 0.2) is 24.3 Å². The minimum Gasteiger partial charge on any atom is -0.478 e. The number of aliphatic carboxylic acids is 1. The number of carbonyl (C=O) groups is 1. The first-order valence-electron chi connectivity index (χ1n) is 4.26. The Morgan fingerprint density at radius 3 is 2.86 bits per heavy atom. The molecule has 0 unspecified atom stereocenters. The summed E-state index contributed by atoms with van der Waals surface area (Å²) < 4.78 is 0. The van der Waals surface area contributed by atoms with Crippen LogP contribution in [0.3, 0.4) is 0 Å². The molecule has 0 radical (unpaired) electrons. The predicted molar refractivity (Wildman–Crippen MR) is 57.5 cm³/mol. The molecule has 76 valence electrons. The van der Waals surface area contributed by atoms with E-state index in [1.807, 2.05) is 19.1 Å². The molecule has 0 fully saturated rings. The molecule has 0 aliphatic carbocycles. The average molecular weight is 211 g/mol. The molecule has 1 heterocycles. The highest BCUT2D eigenvalue weighted by Gasteiger charge is 2.03. The van der Waals surface area contributed by atoms with Gasteiger partial charge in [0.15, 0.2) is 0 Å². The summed E-state index contributed by atoms with van der Waals surface area (Å²) in [6.07, 6.45) is 0. The molecule has 1 rings (SSSR count). The standard InChI is InChI=1S/C10H13NO2S/c1-7(10(12)13)5-11-6-9-4-3-8(2)14-9/h3-4,11H,1,5-6H2,2H3,(H,12,13). The molecular formula is C10H13NO2S. The van der Waals surface area contributed by atoms with Gasteiger partial charge in [-0.3, -0.25) is 0 Å². The van der Waals surface area contributed by atoms with E-state index in [0.29, 0.717) is 13.1 Å². The Morgan fingerprint density at radius 1 is 1.64 bits per heavy atom. The van der Waals surface area contributed by atoms with Gasteiger partial charge in [-0.1, -0.05) is 6.58 Å². The first-order chi connectivity index (χ1) is 6.59. The summed E-state index contributed by atoms with van der Waals surface area (Å²) in [5.41, 5.74) is 0.193. The molecule has 0 aliphatic rings. The van der Waals surface area contributed by atoms with Gasteiger partial charge in [-0.05, 0) is 19.1 Å². The zero-order valence-electron chi connectivity index (χ0n) is 8.04. The quantitative estimate of drug-likeness (QED) is 0.730. The zero-order valence-corrected chi connectivity index (χ0v) is 8.86. The second-order valence-electron chi connectivity index (χ2n) is 3.02. The number of hydrogen-bond acceptors (Lipinski definition) is 3. The summed E-state index contributed by atoms with van der Waals surface area (Å²) in [5, 5.41) is 11.6. The van der Waals surface area contributed by atoms with Crippen LogP contribution in [0.5, 0.6) is 0 Å². The van der Waals surface area contributed by atoms with Crippen LogP contribution in [0.25, 0.3) is 0 Å². The highest BCUT2D eigenvalue weighted by atomic mass is 32.1. The molecule has 3 nitrogen and oxygen atoms in total. The van der Waals surface area contributed by atoms with Crippen LogP contribution in [0.1, 0.15) is 9.75 Å². The Bertz CT molecular complexity index is 344. The van der Waals surface area contributed by atoms with Crippen LogP contribution in [0.2, 0.25) is 0 Å². The molecule has 2 N–H and O–H groups in total. The van der Waals surface area contributed by atoms with Gasteiger partial charge in [0, 0.05) is 28.4 Å². The van der Waals surface area contributed by atoms with Crippen LogP contribution >= 0.6 is 11.3 Å². The smallest absolute Gasteiger partial charge is 0.332 e. The summed E-state index contributed by atoms with van der Waals surface area (Å²) in [6.45, 7) is 6.50. The van der Waals surface area contributed by atoms with Crippen LogP contribution in [0.4, 0.5) is 0 Å². The van der Waals surface area contributed by atoms with E-state index in [1.165, 1.54) is 9.75 Å². The number of hydrogen-bond donors (Lipinski definition) is 2. The topological polar surface area (TPSA) is 49.3 Å². The molecule has 4 heteroatoms. The lowest BCUT2D eigenvalue weighted by molar-refractivity contribution is -0.132. The van der Waals surface area contributed by atoms with Gasteiger partial charge in [0.1, 0.15) is 0 Å². The molecule has 1 aromatic heterocycles. The van der Waals surface area contributed by atoms with E-state index in [-0.39, 0.29) is 5.57 Å². The number of thiophene rings is 1. The van der Waals surface area contributed by atoms with Crippen molar-refractivity contribution in [3.05, 3.63) is 34.0 Å². The Balaban J connectivity index is 2.29. The molecule has 0 saturated heterocycles. The van der Waals surface area contributed by atoms with Crippen LogP contribution in [0, 0.1) is 6.92 Å². The van der Waals surface area contributed by atoms with E-state index in [2.05, 4.69) is 11.9 Å². The number of nitrogens with one attached hydrogen (secondary N) is 1. The Hall–Kier alpha value is -1.13. The number of carboxylic acid groups (broad SMARTS) is 1. The van der Waals surface area contributed by atoms with Crippen molar-refractivity contribution in [1.29, 1.82) is 0 Å². The van der Waals surface area contributed by atoms with Gasteiger partial charge in [0.2, 0.25) is 0 Å². The maximum atomic E-state index is 10.4. The Labute approximate surface area is 87.1 Å². The van der Waals surface area contributed by atoms with Gasteiger partial charge < -0.3 is 10.4 Å². The van der Waals surface area contributed by atoms with Crippen molar-refractivity contribution in [3.8, 4) is 0 Å². The predicted octanol–water partition coefficient (Wildman–Crippen LogP) is 1.79. The van der Waals surface area contributed by atoms with Gasteiger partial charge in [-0.2, -0.15) is 0 Å². The van der Waals surface area contributed by atoms with E-state index in [9.17, 15) is 4.79 Å². The van der Waals surface area contributed by atoms with Gasteiger partial charge >= 0.3 is 5.97 Å². The third-order valence-corrected chi connectivity index (χ3v) is 2.74. The van der Waals surface area contributed by atoms with E-state index >= 15 is 0 Å². The van der Waals surface area contributed by atoms with Crippen molar-refractivity contribution >= 4 is 17.3 Å². The van der Waals surface area contributed by atoms with Crippen LogP contribution in [-0.2, 0) is 11.3 Å². The van der Waals surface area contributed by atoms with Crippen molar-refractivity contribution in [3.63, 3.8) is 0 Å². The molecule has 0 amide bonds. The molecule has 0 aromatic carbocycles. The summed E-state index contributed by atoms with van der Waals surface area (Å²) >= 11 is 1.71. The molecule has 0 atom stereocenters. The third kappa shape index (κ3) is 3.32. The minimum atomic E-state index is -0.945. The lowest BCUT2D eigenvalue weighted by Gasteiger charge is -2.01. The Kier molecular flexibility index (Phi) is 3.85. The first kappa shape index (κ1) is 10.9. The molecular weight excluding hydrogens is 198 g/mol. The molecule has 14 heavy (non-hydrogen) atoms. The molecule has 1 aromatic rings. The summed E-state index contributed by atoms with van der Waals surface area (Å²) in [4.78, 5) is 12.9. The number of rotatable bonds is 5. The fraction of sp³-hybridized carbons (Fsp3) is 0.300. The molecule has 0 bridgehead atoms. The van der Waals surface area contributed by atoms with E-state index < -0.39 is 5.97 Å². The van der Waals surface area contributed by atoms with Crippen LogP contribution in [-0.4, -0.2) is 17.6 Å². The van der Waals surface area contributed by atoms with Gasteiger partial charge in [-0.15, -0.1) is 11.3 Å². The normalized spacial score (nSPS) is 10.1. The third-order valence-electron chi connectivity index (χ3n) is 1.74. The fourth-order valence-electron chi connectivity index (χ4n) is 0.992. The van der Waals surface area contributed by atoms with Crippen LogP contribution < -0.4 is 5.32 Å². The highest BCUT2D eigenvalue weighted by Crippen LogP contribution is 2.14. The number of carboxylic acids is 1. The van der Waals surface area contributed by atoms with E-state index in [1.54, 1.807) is 11.3 Å². The molecule has 0 saturated carbocycles. The maximum absolute atomic E-state index is 10.4. The summed E-state index contributed by atoms with van der Waals surface area (Å²) in [5.74, 6) is -0.945. The van der Waals surface area contributed by atoms with Gasteiger partial charge in [-0.25, -0.2) is 4.79 Å². The van der Waals surface area contributed by atoms with Gasteiger partial charge in [0.25, 0.3) is 0 Å². The summed E-state index contributed by atoms with van der Waals surface area (Å²) in [7, 11) is 0. The van der Waals surface area contributed by atoms with Gasteiger partial charge in [0.05, 0.1) is 0 Å². The number of aryl methyl sites for hydroxylation is 1. The highest BCUT2D eigenvalue weighted by molar-refractivity contribution is 7.11. The van der Waals surface area contributed by atoms with Crippen molar-refractivity contribution in [1.82, 2.24) is 5.32 Å². The second-order valence-corrected chi connectivity index (χ2v) is 4.40. The molecule has 0 aliphatic heterocycles. The summed E-state index contributed by atoms with van der Waals surface area (Å²) in [6, 6.07) is 4.09. The average Bonchev–Trinajstić information content (AvgIpc) is 2.51. The minimum absolute atomic E-state index is 0.193. The van der Waals surface area contributed by atoms with E-state index in [0.717, 1.165) is 0 Å². The monoisotopic (exact) mass is 211 g/mol. The lowest BCUT2D eigenvalue weighted by Crippen LogP contribution is -2.19. The van der Waals surface area contributed by atoms with Crippen molar-refractivity contribution in [2.45, 2.75) is 13.5 Å². The molecule has 0 spiro atoms. The van der Waals surface area contributed by atoms with Crippen molar-refractivity contribution in [2.75, 3.05) is 6.54 Å². The van der Waals surface area contributed by atoms with E-state index in [4.69, 9.17) is 5.11 Å². The second kappa shape index (κ2) is 4.93. The lowest BCUT2D eigenvalue weighted by atomic mass is 10.3. The SMILES string of the molecule is C=C(CNCc1ccc(C)s1)C(=O)O. The fourth-order valence-corrected chi connectivity index (χ4v) is 1.85. The zero-order chi connectivity index (χ0) is 10.6. The maximum Gasteiger partial charge on any atom is 0.332 e. The largest absolute Gasteiger partial charge is 0.478 e. The Morgan fingerprint density at radius 2 is 2.36 bits per heavy atom. The van der Waals surface area contributed by atoms with Crippen molar-refractivity contribution < 1.29 is 9.90 Å². The first-order valence-corrected chi connectivity index (χ1v) is 5.08.